The van der Waals surface area contributed by atoms with E-state index in [0.29, 0.717) is 10.6 Å². The number of carbonyl (C=O) groups is 2. The molecule has 2 N–H and O–H groups in total. The van der Waals surface area contributed by atoms with Crippen molar-refractivity contribution in [3.05, 3.63) is 87.2 Å². The molecule has 2 aromatic carbocycles. The zero-order valence-electron chi connectivity index (χ0n) is 18.1. The van der Waals surface area contributed by atoms with Crippen LogP contribution < -0.4 is 4.90 Å². The summed E-state index contributed by atoms with van der Waals surface area (Å²) in [7, 11) is 0. The maximum Gasteiger partial charge on any atom is 0.417 e. The predicted molar refractivity (Wildman–Crippen MR) is 125 cm³/mol. The number of alkyl halides is 3. The number of anilines is 1. The normalized spacial score (nSPS) is 21.1. The highest BCUT2D eigenvalue weighted by Gasteiger charge is 2.44. The molecular formula is C26H19ClF3NO4. The van der Waals surface area contributed by atoms with Gasteiger partial charge in [0.1, 0.15) is 5.76 Å². The maximum absolute atomic E-state index is 14.0. The molecule has 3 aliphatic rings. The van der Waals surface area contributed by atoms with E-state index in [9.17, 15) is 33.0 Å². The Morgan fingerprint density at radius 1 is 1.14 bits per heavy atom. The molecule has 9 heteroatoms. The van der Waals surface area contributed by atoms with Crippen LogP contribution in [0.25, 0.3) is 11.6 Å². The molecule has 1 amide bonds. The van der Waals surface area contributed by atoms with E-state index in [1.54, 1.807) is 12.1 Å². The fourth-order valence-electron chi connectivity index (χ4n) is 4.73. The lowest BCUT2D eigenvalue weighted by atomic mass is 9.95. The Balaban J connectivity index is 1.69. The predicted octanol–water partition coefficient (Wildman–Crippen LogP) is 6.35. The fraction of sp³-hybridized carbons (Fsp3) is 0.231. The van der Waals surface area contributed by atoms with Crippen LogP contribution in [0.1, 0.15) is 47.4 Å². The first-order valence-electron chi connectivity index (χ1n) is 11.0. The van der Waals surface area contributed by atoms with Gasteiger partial charge in [0.2, 0.25) is 0 Å². The van der Waals surface area contributed by atoms with Crippen LogP contribution in [0, 0.1) is 0 Å². The molecule has 1 aliphatic heterocycles. The van der Waals surface area contributed by atoms with Gasteiger partial charge in [0.15, 0.2) is 0 Å². The first-order valence-corrected chi connectivity index (χ1v) is 11.3. The van der Waals surface area contributed by atoms with Gasteiger partial charge in [-0.15, -0.1) is 0 Å². The standard InChI is InChI=1S/C26H19ClF3NO4/c27-20-5-1-3-15(13-7-8-13)17(20)12-18-23-19(26(28,29)30)4-2-6-21(23)31(24(18)33)14-9-10-16(25(34)35)22(32)11-14/h1-6,10-14,32H,7-9H2,(H,34,35)/b18-12-. The molecule has 0 saturated heterocycles. The Morgan fingerprint density at radius 2 is 1.86 bits per heavy atom. The van der Waals surface area contributed by atoms with Gasteiger partial charge in [-0.25, -0.2) is 4.79 Å². The monoisotopic (exact) mass is 501 g/mol. The van der Waals surface area contributed by atoms with Crippen molar-refractivity contribution in [2.24, 2.45) is 0 Å². The van der Waals surface area contributed by atoms with Gasteiger partial charge in [-0.05, 0) is 66.7 Å². The summed E-state index contributed by atoms with van der Waals surface area (Å²) < 4.78 is 42.1. The van der Waals surface area contributed by atoms with E-state index < -0.39 is 35.4 Å². The van der Waals surface area contributed by atoms with E-state index in [1.165, 1.54) is 35.3 Å². The van der Waals surface area contributed by atoms with Crippen molar-refractivity contribution in [1.82, 2.24) is 0 Å². The van der Waals surface area contributed by atoms with Crippen LogP contribution in [0.5, 0.6) is 0 Å². The van der Waals surface area contributed by atoms with Crippen molar-refractivity contribution >= 4 is 40.8 Å². The van der Waals surface area contributed by atoms with Crippen LogP contribution in [-0.4, -0.2) is 28.1 Å². The number of amides is 1. The van der Waals surface area contributed by atoms with Gasteiger partial charge < -0.3 is 15.1 Å². The molecule has 1 atom stereocenters. The zero-order chi connectivity index (χ0) is 25.1. The number of carboxylic acid groups (broad SMARTS) is 1. The van der Waals surface area contributed by atoms with Gasteiger partial charge in [0.25, 0.3) is 5.91 Å². The van der Waals surface area contributed by atoms with E-state index in [2.05, 4.69) is 0 Å². The molecule has 2 aliphatic carbocycles. The summed E-state index contributed by atoms with van der Waals surface area (Å²) in [6, 6.07) is 7.97. The van der Waals surface area contributed by atoms with Crippen LogP contribution in [0.15, 0.2) is 59.9 Å². The summed E-state index contributed by atoms with van der Waals surface area (Å²) in [5.41, 5.74) is -0.249. The quantitative estimate of drug-likeness (QED) is 0.479. The smallest absolute Gasteiger partial charge is 0.417 e. The van der Waals surface area contributed by atoms with Gasteiger partial charge in [-0.2, -0.15) is 13.2 Å². The minimum absolute atomic E-state index is 0.0137. The third kappa shape index (κ3) is 4.01. The number of aliphatic hydroxyl groups excluding tert-OH is 1. The molecule has 5 rings (SSSR count). The van der Waals surface area contributed by atoms with Crippen molar-refractivity contribution in [3.63, 3.8) is 0 Å². The van der Waals surface area contributed by atoms with Gasteiger partial charge in [0, 0.05) is 10.6 Å². The van der Waals surface area contributed by atoms with E-state index in [-0.39, 0.29) is 34.7 Å². The molecule has 0 radical (unpaired) electrons. The van der Waals surface area contributed by atoms with E-state index in [1.807, 2.05) is 6.07 Å². The van der Waals surface area contributed by atoms with Gasteiger partial charge in [-0.3, -0.25) is 4.79 Å². The molecule has 0 aromatic heterocycles. The third-order valence-corrected chi connectivity index (χ3v) is 6.80. The van der Waals surface area contributed by atoms with Crippen molar-refractivity contribution in [3.8, 4) is 0 Å². The number of hydrogen-bond donors (Lipinski definition) is 2. The average molecular weight is 502 g/mol. The minimum Gasteiger partial charge on any atom is -0.507 e. The molecule has 0 bridgehead atoms. The Labute approximate surface area is 203 Å². The molecule has 35 heavy (non-hydrogen) atoms. The topological polar surface area (TPSA) is 77.8 Å². The van der Waals surface area contributed by atoms with Crippen LogP contribution in [-0.2, 0) is 15.8 Å². The molecule has 5 nitrogen and oxygen atoms in total. The van der Waals surface area contributed by atoms with E-state index in [0.717, 1.165) is 24.5 Å². The molecule has 180 valence electrons. The Hall–Kier alpha value is -3.52. The van der Waals surface area contributed by atoms with Crippen molar-refractivity contribution in [2.75, 3.05) is 4.90 Å². The summed E-state index contributed by atoms with van der Waals surface area (Å²) in [4.78, 5) is 26.1. The summed E-state index contributed by atoms with van der Waals surface area (Å²) >= 11 is 6.44. The molecule has 1 fully saturated rings. The Kier molecular flexibility index (Phi) is 5.51. The maximum atomic E-state index is 14.0. The number of nitrogens with zero attached hydrogens (tertiary/aromatic N) is 1. The summed E-state index contributed by atoms with van der Waals surface area (Å²) in [6.45, 7) is 0. The second kappa shape index (κ2) is 8.30. The van der Waals surface area contributed by atoms with Crippen LogP contribution in [0.2, 0.25) is 5.02 Å². The lowest BCUT2D eigenvalue weighted by molar-refractivity contribution is -0.137. The number of benzene rings is 2. The molecule has 2 aromatic rings. The molecule has 1 unspecified atom stereocenters. The largest absolute Gasteiger partial charge is 0.507 e. The molecular weight excluding hydrogens is 483 g/mol. The van der Waals surface area contributed by atoms with Crippen LogP contribution >= 0.6 is 11.6 Å². The summed E-state index contributed by atoms with van der Waals surface area (Å²) in [5.74, 6) is -2.32. The summed E-state index contributed by atoms with van der Waals surface area (Å²) in [5, 5.41) is 19.7. The highest BCUT2D eigenvalue weighted by atomic mass is 35.5. The van der Waals surface area contributed by atoms with Crippen molar-refractivity contribution in [1.29, 1.82) is 0 Å². The van der Waals surface area contributed by atoms with Crippen molar-refractivity contribution < 1.29 is 33.0 Å². The van der Waals surface area contributed by atoms with Crippen molar-refractivity contribution in [2.45, 2.75) is 37.4 Å². The SMILES string of the molecule is O=C(O)C1=CCC(N2C(=O)/C(=C\c3c(Cl)cccc3C3CC3)c3c2cccc3C(F)(F)F)C=C1O. The number of carbonyl (C=O) groups excluding carboxylic acids is 1. The lowest BCUT2D eigenvalue weighted by Gasteiger charge is -2.28. The number of carboxylic acids is 1. The molecule has 1 heterocycles. The van der Waals surface area contributed by atoms with Crippen LogP contribution in [0.3, 0.4) is 0 Å². The Morgan fingerprint density at radius 3 is 2.49 bits per heavy atom. The highest BCUT2D eigenvalue weighted by molar-refractivity contribution is 6.38. The number of aliphatic hydroxyl groups is 1. The fourth-order valence-corrected chi connectivity index (χ4v) is 4.97. The number of fused-ring (bicyclic) bond motifs is 1. The first kappa shape index (κ1) is 23.2. The van der Waals surface area contributed by atoms with Gasteiger partial charge in [-0.1, -0.05) is 35.9 Å². The Bertz CT molecular complexity index is 1350. The molecule has 1 saturated carbocycles. The molecule has 0 spiro atoms. The van der Waals surface area contributed by atoms with Gasteiger partial charge in [0.05, 0.1) is 28.4 Å². The summed E-state index contributed by atoms with van der Waals surface area (Å²) in [6.07, 6.45) is 1.03. The number of hydrogen-bond acceptors (Lipinski definition) is 3. The second-order valence-electron chi connectivity index (χ2n) is 8.73. The number of aliphatic carboxylic acids is 1. The highest BCUT2D eigenvalue weighted by Crippen LogP contribution is 2.49. The lowest BCUT2D eigenvalue weighted by Crippen LogP contribution is -2.37. The van der Waals surface area contributed by atoms with Crippen LogP contribution in [0.4, 0.5) is 18.9 Å². The number of rotatable bonds is 4. The van der Waals surface area contributed by atoms with Gasteiger partial charge >= 0.3 is 12.1 Å². The average Bonchev–Trinajstić information content (AvgIpc) is 3.59. The first-order chi connectivity index (χ1) is 16.6. The number of halogens is 4. The third-order valence-electron chi connectivity index (χ3n) is 6.47. The van der Waals surface area contributed by atoms with E-state index >= 15 is 0 Å². The van der Waals surface area contributed by atoms with E-state index in [4.69, 9.17) is 11.6 Å². The second-order valence-corrected chi connectivity index (χ2v) is 9.13. The minimum atomic E-state index is -4.72. The zero-order valence-corrected chi connectivity index (χ0v) is 18.9.